The summed E-state index contributed by atoms with van der Waals surface area (Å²) >= 11 is 0. The van der Waals surface area contributed by atoms with Crippen LogP contribution in [0.25, 0.3) is 11.0 Å². The first-order valence-corrected chi connectivity index (χ1v) is 7.43. The van der Waals surface area contributed by atoms with Crippen LogP contribution in [0.4, 0.5) is 0 Å². The van der Waals surface area contributed by atoms with Gasteiger partial charge in [-0.3, -0.25) is 20.4 Å². The molecule has 0 aliphatic heterocycles. The lowest BCUT2D eigenvalue weighted by molar-refractivity contribution is 0.0829. The van der Waals surface area contributed by atoms with Crippen LogP contribution in [0.15, 0.2) is 56.3 Å². The quantitative estimate of drug-likeness (QED) is 0.553. The molecule has 2 N–H and O–H groups in total. The van der Waals surface area contributed by atoms with Gasteiger partial charge in [-0.25, -0.2) is 4.79 Å². The van der Waals surface area contributed by atoms with Gasteiger partial charge in [-0.05, 0) is 37.3 Å². The summed E-state index contributed by atoms with van der Waals surface area (Å²) in [5.74, 6) is -0.871. The molecule has 0 aliphatic carbocycles. The van der Waals surface area contributed by atoms with Gasteiger partial charge in [0.1, 0.15) is 16.9 Å². The molecule has 0 saturated carbocycles. The van der Waals surface area contributed by atoms with Crippen molar-refractivity contribution in [2.45, 2.75) is 6.92 Å². The predicted molar refractivity (Wildman–Crippen MR) is 87.3 cm³/mol. The van der Waals surface area contributed by atoms with Gasteiger partial charge in [0.25, 0.3) is 5.91 Å². The van der Waals surface area contributed by atoms with Crippen molar-refractivity contribution < 1.29 is 23.2 Å². The normalized spacial score (nSPS) is 10.4. The summed E-state index contributed by atoms with van der Waals surface area (Å²) in [4.78, 5) is 35.8. The molecule has 3 aromatic rings. The Morgan fingerprint density at radius 1 is 1.12 bits per heavy atom. The molecule has 0 bridgehead atoms. The molecule has 0 aliphatic rings. The number of hydrazine groups is 1. The van der Waals surface area contributed by atoms with E-state index in [2.05, 4.69) is 10.9 Å². The van der Waals surface area contributed by atoms with Gasteiger partial charge in [0, 0.05) is 11.5 Å². The molecule has 2 amide bonds. The van der Waals surface area contributed by atoms with E-state index in [9.17, 15) is 14.4 Å². The Balaban J connectivity index is 1.79. The van der Waals surface area contributed by atoms with Crippen LogP contribution in [0.1, 0.15) is 27.8 Å². The lowest BCUT2D eigenvalue weighted by atomic mass is 10.1. The molecular formula is C17H14N2O6. The molecule has 2 heterocycles. The van der Waals surface area contributed by atoms with Crippen molar-refractivity contribution in [1.29, 1.82) is 0 Å². The molecule has 0 fully saturated rings. The monoisotopic (exact) mass is 342 g/mol. The number of amides is 2. The number of furan rings is 1. The van der Waals surface area contributed by atoms with Crippen LogP contribution in [0.5, 0.6) is 5.75 Å². The second-order valence-corrected chi connectivity index (χ2v) is 4.97. The van der Waals surface area contributed by atoms with E-state index >= 15 is 0 Å². The molecule has 0 saturated heterocycles. The number of fused-ring (bicyclic) bond motifs is 1. The van der Waals surface area contributed by atoms with E-state index < -0.39 is 17.4 Å². The molecule has 0 atom stereocenters. The van der Waals surface area contributed by atoms with Crippen LogP contribution in [0.3, 0.4) is 0 Å². The fourth-order valence-electron chi connectivity index (χ4n) is 2.16. The van der Waals surface area contributed by atoms with Crippen molar-refractivity contribution in [3.63, 3.8) is 0 Å². The van der Waals surface area contributed by atoms with Crippen LogP contribution >= 0.6 is 0 Å². The maximum Gasteiger partial charge on any atom is 0.349 e. The highest BCUT2D eigenvalue weighted by atomic mass is 16.5. The average molecular weight is 342 g/mol. The van der Waals surface area contributed by atoms with Gasteiger partial charge in [-0.2, -0.15) is 0 Å². The summed E-state index contributed by atoms with van der Waals surface area (Å²) in [6.45, 7) is 2.32. The molecule has 8 heteroatoms. The Labute approximate surface area is 141 Å². The van der Waals surface area contributed by atoms with Crippen LogP contribution in [-0.4, -0.2) is 18.4 Å². The fraction of sp³-hybridized carbons (Fsp3) is 0.118. The summed E-state index contributed by atoms with van der Waals surface area (Å²) in [5.41, 5.74) is 3.52. The molecular weight excluding hydrogens is 328 g/mol. The Morgan fingerprint density at radius 3 is 2.64 bits per heavy atom. The van der Waals surface area contributed by atoms with E-state index in [0.717, 1.165) is 0 Å². The average Bonchev–Trinajstić information content (AvgIpc) is 3.13. The predicted octanol–water partition coefficient (Wildman–Crippen LogP) is 1.86. The molecule has 0 spiro atoms. The van der Waals surface area contributed by atoms with Crippen LogP contribution < -0.4 is 21.2 Å². The van der Waals surface area contributed by atoms with E-state index in [1.54, 1.807) is 18.2 Å². The third kappa shape index (κ3) is 3.52. The maximum absolute atomic E-state index is 12.1. The van der Waals surface area contributed by atoms with Crippen LogP contribution in [-0.2, 0) is 0 Å². The van der Waals surface area contributed by atoms with Crippen molar-refractivity contribution >= 4 is 22.8 Å². The molecule has 128 valence electrons. The van der Waals surface area contributed by atoms with E-state index in [4.69, 9.17) is 13.6 Å². The van der Waals surface area contributed by atoms with Gasteiger partial charge in [-0.1, -0.05) is 0 Å². The van der Waals surface area contributed by atoms with Gasteiger partial charge in [0.05, 0.1) is 12.9 Å². The molecule has 2 aromatic heterocycles. The molecule has 8 nitrogen and oxygen atoms in total. The van der Waals surface area contributed by atoms with E-state index in [1.807, 2.05) is 6.92 Å². The van der Waals surface area contributed by atoms with Gasteiger partial charge < -0.3 is 13.6 Å². The molecule has 1 aromatic carbocycles. The highest BCUT2D eigenvalue weighted by Crippen LogP contribution is 2.20. The molecule has 0 radical (unpaired) electrons. The third-order valence-corrected chi connectivity index (χ3v) is 3.30. The number of benzene rings is 1. The van der Waals surface area contributed by atoms with Crippen molar-refractivity contribution in [1.82, 2.24) is 10.9 Å². The Kier molecular flexibility index (Phi) is 4.51. The number of ether oxygens (including phenoxy) is 1. The minimum atomic E-state index is -0.828. The lowest BCUT2D eigenvalue weighted by Crippen LogP contribution is -2.42. The Hall–Kier alpha value is -3.55. The van der Waals surface area contributed by atoms with Gasteiger partial charge >= 0.3 is 11.5 Å². The van der Waals surface area contributed by atoms with Crippen molar-refractivity contribution in [3.8, 4) is 5.75 Å². The zero-order valence-corrected chi connectivity index (χ0v) is 13.2. The van der Waals surface area contributed by atoms with E-state index in [1.165, 1.54) is 24.5 Å². The van der Waals surface area contributed by atoms with Crippen molar-refractivity contribution in [2.24, 2.45) is 0 Å². The molecule has 25 heavy (non-hydrogen) atoms. The highest BCUT2D eigenvalue weighted by Gasteiger charge is 2.16. The molecule has 0 unspecified atom stereocenters. The third-order valence-electron chi connectivity index (χ3n) is 3.30. The first-order chi connectivity index (χ1) is 12.1. The SMILES string of the molecule is CCOc1ccc2cc(C(=O)NNC(=O)c3ccco3)c(=O)oc2c1. The van der Waals surface area contributed by atoms with Crippen molar-refractivity contribution in [2.75, 3.05) is 6.61 Å². The number of carbonyl (C=O) groups is 2. The zero-order valence-electron chi connectivity index (χ0n) is 13.2. The first-order valence-electron chi connectivity index (χ1n) is 7.43. The summed E-state index contributed by atoms with van der Waals surface area (Å²) in [6.07, 6.45) is 1.32. The molecule has 3 rings (SSSR count). The van der Waals surface area contributed by atoms with E-state index in [-0.39, 0.29) is 11.3 Å². The maximum atomic E-state index is 12.1. The summed E-state index contributed by atoms with van der Waals surface area (Å²) in [5, 5.41) is 0.547. The first kappa shape index (κ1) is 16.3. The minimum absolute atomic E-state index is 0.0225. The number of nitrogens with one attached hydrogen (secondary N) is 2. The number of rotatable bonds is 4. The number of hydrogen-bond acceptors (Lipinski definition) is 6. The second-order valence-electron chi connectivity index (χ2n) is 4.97. The Bertz CT molecular complexity index is 974. The van der Waals surface area contributed by atoms with E-state index in [0.29, 0.717) is 23.3 Å². The van der Waals surface area contributed by atoms with Crippen LogP contribution in [0.2, 0.25) is 0 Å². The fourth-order valence-corrected chi connectivity index (χ4v) is 2.16. The van der Waals surface area contributed by atoms with Gasteiger partial charge in [0.2, 0.25) is 0 Å². The Morgan fingerprint density at radius 2 is 1.92 bits per heavy atom. The minimum Gasteiger partial charge on any atom is -0.494 e. The van der Waals surface area contributed by atoms with Crippen LogP contribution in [0, 0.1) is 0 Å². The smallest absolute Gasteiger partial charge is 0.349 e. The number of carbonyl (C=O) groups excluding carboxylic acids is 2. The van der Waals surface area contributed by atoms with Gasteiger partial charge in [-0.15, -0.1) is 0 Å². The van der Waals surface area contributed by atoms with Gasteiger partial charge in [0.15, 0.2) is 5.76 Å². The summed E-state index contributed by atoms with van der Waals surface area (Å²) in [6, 6.07) is 9.28. The lowest BCUT2D eigenvalue weighted by Gasteiger charge is -2.07. The standard InChI is InChI=1S/C17H14N2O6/c1-2-23-11-6-5-10-8-12(17(22)25-14(10)9-11)15(20)18-19-16(21)13-4-3-7-24-13/h3-9H,2H2,1H3,(H,18,20)(H,19,21). The zero-order chi connectivity index (χ0) is 17.8. The highest BCUT2D eigenvalue weighted by molar-refractivity contribution is 5.99. The van der Waals surface area contributed by atoms with Crippen molar-refractivity contribution in [3.05, 3.63) is 64.4 Å². The second kappa shape index (κ2) is 6.91. The topological polar surface area (TPSA) is 111 Å². The summed E-state index contributed by atoms with van der Waals surface area (Å²) < 4.78 is 15.4. The largest absolute Gasteiger partial charge is 0.494 e. The number of hydrogen-bond donors (Lipinski definition) is 2. The summed E-state index contributed by atoms with van der Waals surface area (Å²) in [7, 11) is 0.